The van der Waals surface area contributed by atoms with Crippen LogP contribution in [0.15, 0.2) is 36.4 Å². The number of allylic oxidation sites excluding steroid dienone is 1. The summed E-state index contributed by atoms with van der Waals surface area (Å²) in [6.07, 6.45) is 0.411. The fourth-order valence-electron chi connectivity index (χ4n) is 1.68. The molecular formula is C13H15NO4. The number of nitro groups is 1. The Morgan fingerprint density at radius 1 is 1.56 bits per heavy atom. The van der Waals surface area contributed by atoms with Gasteiger partial charge in [-0.15, -0.1) is 6.58 Å². The van der Waals surface area contributed by atoms with Crippen molar-refractivity contribution in [3.8, 4) is 0 Å². The molecule has 0 aliphatic carbocycles. The second kappa shape index (κ2) is 5.95. The van der Waals surface area contributed by atoms with Crippen LogP contribution in [0, 0.1) is 10.1 Å². The van der Waals surface area contributed by atoms with Crippen LogP contribution in [0.4, 0.5) is 5.69 Å². The standard InChI is InChI=1S/C13H15NO4/c1-9(2)7-12(13(15)18-3)10-5-4-6-11(8-10)14(16)17/h4-6,8,12H,1,7H2,2-3H3. The molecule has 0 aliphatic rings. The molecular weight excluding hydrogens is 234 g/mol. The normalized spacial score (nSPS) is 11.7. The molecule has 0 aliphatic heterocycles. The van der Waals surface area contributed by atoms with Gasteiger partial charge in [0, 0.05) is 12.1 Å². The zero-order valence-electron chi connectivity index (χ0n) is 10.4. The molecule has 5 heteroatoms. The van der Waals surface area contributed by atoms with Crippen molar-refractivity contribution in [2.24, 2.45) is 0 Å². The maximum atomic E-state index is 11.7. The number of nitro benzene ring substituents is 1. The van der Waals surface area contributed by atoms with Gasteiger partial charge >= 0.3 is 5.97 Å². The third kappa shape index (κ3) is 3.41. The van der Waals surface area contributed by atoms with Crippen molar-refractivity contribution >= 4 is 11.7 Å². The van der Waals surface area contributed by atoms with Crippen molar-refractivity contribution < 1.29 is 14.5 Å². The summed E-state index contributed by atoms with van der Waals surface area (Å²) in [7, 11) is 1.30. The summed E-state index contributed by atoms with van der Waals surface area (Å²) in [5.41, 5.74) is 1.35. The fourth-order valence-corrected chi connectivity index (χ4v) is 1.68. The lowest BCUT2D eigenvalue weighted by Crippen LogP contribution is -2.14. The number of ether oxygens (including phenoxy) is 1. The van der Waals surface area contributed by atoms with Crippen LogP contribution in [0.5, 0.6) is 0 Å². The minimum atomic E-state index is -0.549. The minimum absolute atomic E-state index is 0.0388. The number of rotatable bonds is 5. The first kappa shape index (κ1) is 13.9. The van der Waals surface area contributed by atoms with E-state index in [1.807, 2.05) is 0 Å². The van der Waals surface area contributed by atoms with E-state index in [4.69, 9.17) is 4.74 Å². The van der Waals surface area contributed by atoms with E-state index >= 15 is 0 Å². The number of nitrogens with zero attached hydrogens (tertiary/aromatic N) is 1. The number of methoxy groups -OCH3 is 1. The highest BCUT2D eigenvalue weighted by Gasteiger charge is 2.23. The SMILES string of the molecule is C=C(C)CC(C(=O)OC)c1cccc([N+](=O)[O-])c1. The van der Waals surface area contributed by atoms with Crippen LogP contribution >= 0.6 is 0 Å². The molecule has 18 heavy (non-hydrogen) atoms. The van der Waals surface area contributed by atoms with Gasteiger partial charge in [-0.1, -0.05) is 17.7 Å². The van der Waals surface area contributed by atoms with E-state index in [1.165, 1.54) is 19.2 Å². The van der Waals surface area contributed by atoms with Gasteiger partial charge in [0.1, 0.15) is 0 Å². The highest BCUT2D eigenvalue weighted by atomic mass is 16.6. The summed E-state index contributed by atoms with van der Waals surface area (Å²) in [6.45, 7) is 5.55. The molecule has 5 nitrogen and oxygen atoms in total. The van der Waals surface area contributed by atoms with Gasteiger partial charge in [-0.05, 0) is 18.9 Å². The highest BCUT2D eigenvalue weighted by Crippen LogP contribution is 2.27. The molecule has 1 atom stereocenters. The second-order valence-electron chi connectivity index (χ2n) is 4.09. The summed E-state index contributed by atoms with van der Waals surface area (Å²) in [6, 6.07) is 6.02. The van der Waals surface area contributed by atoms with Gasteiger partial charge in [0.15, 0.2) is 0 Å². The van der Waals surface area contributed by atoms with Gasteiger partial charge in [-0.25, -0.2) is 0 Å². The number of benzene rings is 1. The molecule has 1 aromatic carbocycles. The first-order chi connectivity index (χ1) is 8.45. The van der Waals surface area contributed by atoms with Crippen LogP contribution in [0.25, 0.3) is 0 Å². The zero-order valence-corrected chi connectivity index (χ0v) is 10.4. The molecule has 0 saturated heterocycles. The van der Waals surface area contributed by atoms with E-state index in [2.05, 4.69) is 6.58 Å². The molecule has 0 aromatic heterocycles. The quantitative estimate of drug-likeness (QED) is 0.348. The Labute approximate surface area is 105 Å². The summed E-state index contributed by atoms with van der Waals surface area (Å²) < 4.78 is 4.72. The van der Waals surface area contributed by atoms with Crippen LogP contribution < -0.4 is 0 Å². The van der Waals surface area contributed by atoms with Crippen LogP contribution in [0.3, 0.4) is 0 Å². The van der Waals surface area contributed by atoms with Crippen LogP contribution in [0.1, 0.15) is 24.8 Å². The smallest absolute Gasteiger partial charge is 0.313 e. The Bertz CT molecular complexity index is 482. The Kier molecular flexibility index (Phi) is 4.59. The van der Waals surface area contributed by atoms with Crippen molar-refractivity contribution in [1.29, 1.82) is 0 Å². The third-order valence-electron chi connectivity index (χ3n) is 2.52. The van der Waals surface area contributed by atoms with E-state index in [-0.39, 0.29) is 5.69 Å². The molecule has 0 fully saturated rings. The van der Waals surface area contributed by atoms with Crippen LogP contribution in [-0.4, -0.2) is 18.0 Å². The number of carbonyl (C=O) groups is 1. The number of hydrogen-bond donors (Lipinski definition) is 0. The fraction of sp³-hybridized carbons (Fsp3) is 0.308. The number of non-ortho nitro benzene ring substituents is 1. The van der Waals surface area contributed by atoms with Crippen molar-refractivity contribution in [3.63, 3.8) is 0 Å². The van der Waals surface area contributed by atoms with E-state index in [1.54, 1.807) is 19.1 Å². The Morgan fingerprint density at radius 3 is 2.72 bits per heavy atom. The minimum Gasteiger partial charge on any atom is -0.469 e. The Morgan fingerprint density at radius 2 is 2.22 bits per heavy atom. The van der Waals surface area contributed by atoms with Crippen LogP contribution in [-0.2, 0) is 9.53 Å². The first-order valence-electron chi connectivity index (χ1n) is 5.42. The first-order valence-corrected chi connectivity index (χ1v) is 5.42. The maximum absolute atomic E-state index is 11.7. The molecule has 1 rings (SSSR count). The van der Waals surface area contributed by atoms with E-state index in [9.17, 15) is 14.9 Å². The molecule has 1 unspecified atom stereocenters. The summed E-state index contributed by atoms with van der Waals surface area (Å²) in [5, 5.41) is 10.7. The molecule has 0 spiro atoms. The van der Waals surface area contributed by atoms with E-state index < -0.39 is 16.8 Å². The number of esters is 1. The van der Waals surface area contributed by atoms with Crippen molar-refractivity contribution in [2.75, 3.05) is 7.11 Å². The second-order valence-corrected chi connectivity index (χ2v) is 4.09. The van der Waals surface area contributed by atoms with Gasteiger partial charge in [-0.3, -0.25) is 14.9 Å². The largest absolute Gasteiger partial charge is 0.469 e. The lowest BCUT2D eigenvalue weighted by Gasteiger charge is -2.14. The van der Waals surface area contributed by atoms with Crippen molar-refractivity contribution in [3.05, 3.63) is 52.1 Å². The monoisotopic (exact) mass is 249 g/mol. The van der Waals surface area contributed by atoms with Gasteiger partial charge in [0.2, 0.25) is 0 Å². The molecule has 0 N–H and O–H groups in total. The third-order valence-corrected chi connectivity index (χ3v) is 2.52. The van der Waals surface area contributed by atoms with Gasteiger partial charge in [-0.2, -0.15) is 0 Å². The molecule has 0 amide bonds. The molecule has 96 valence electrons. The molecule has 0 radical (unpaired) electrons. The predicted octanol–water partition coefficient (Wildman–Crippen LogP) is 2.82. The Balaban J connectivity index is 3.12. The van der Waals surface area contributed by atoms with E-state index in [0.29, 0.717) is 12.0 Å². The van der Waals surface area contributed by atoms with Gasteiger partial charge < -0.3 is 4.74 Å². The molecule has 0 saturated carbocycles. The topological polar surface area (TPSA) is 69.4 Å². The van der Waals surface area contributed by atoms with Crippen molar-refractivity contribution in [1.82, 2.24) is 0 Å². The lowest BCUT2D eigenvalue weighted by atomic mass is 9.92. The van der Waals surface area contributed by atoms with Gasteiger partial charge in [0.05, 0.1) is 18.0 Å². The highest BCUT2D eigenvalue weighted by molar-refractivity contribution is 5.78. The average Bonchev–Trinajstić information content (AvgIpc) is 2.35. The number of carbonyl (C=O) groups excluding carboxylic acids is 1. The molecule has 0 heterocycles. The van der Waals surface area contributed by atoms with E-state index in [0.717, 1.165) is 5.57 Å². The molecule has 0 bridgehead atoms. The van der Waals surface area contributed by atoms with Crippen LogP contribution in [0.2, 0.25) is 0 Å². The van der Waals surface area contributed by atoms with Gasteiger partial charge in [0.25, 0.3) is 5.69 Å². The zero-order chi connectivity index (χ0) is 13.7. The number of hydrogen-bond acceptors (Lipinski definition) is 4. The summed E-state index contributed by atoms with van der Waals surface area (Å²) in [5.74, 6) is -0.967. The predicted molar refractivity (Wildman–Crippen MR) is 67.3 cm³/mol. The average molecular weight is 249 g/mol. The molecule has 1 aromatic rings. The van der Waals surface area contributed by atoms with Crippen molar-refractivity contribution in [2.45, 2.75) is 19.3 Å². The lowest BCUT2D eigenvalue weighted by molar-refractivity contribution is -0.384. The maximum Gasteiger partial charge on any atom is 0.313 e. The Hall–Kier alpha value is -2.17. The summed E-state index contributed by atoms with van der Waals surface area (Å²) >= 11 is 0. The summed E-state index contributed by atoms with van der Waals surface area (Å²) in [4.78, 5) is 21.9.